The first-order valence-corrected chi connectivity index (χ1v) is 7.26. The average molecular weight is 295 g/mol. The van der Waals surface area contributed by atoms with Crippen LogP contribution >= 0.6 is 0 Å². The number of hydrogen-bond donors (Lipinski definition) is 4. The second kappa shape index (κ2) is 8.59. The predicted molar refractivity (Wildman–Crippen MR) is 80.8 cm³/mol. The predicted octanol–water partition coefficient (Wildman–Crippen LogP) is 0.982. The van der Waals surface area contributed by atoms with Gasteiger partial charge in [-0.3, -0.25) is 9.78 Å². The molecule has 4 N–H and O–H groups in total. The minimum Gasteiger partial charge on any atom is -0.506 e. The standard InChI is InChI=1S/C15H25N3O3/c1-4-10(2)18-14(20)5-6-16-8-13-12(9-19)7-17-11(3)15(13)21/h7,10,16,19,21H,4-6,8-9H2,1-3H3,(H,18,20). The van der Waals surface area contributed by atoms with E-state index in [1.54, 1.807) is 13.1 Å². The molecular formula is C15H25N3O3. The van der Waals surface area contributed by atoms with Gasteiger partial charge in [0, 0.05) is 42.9 Å². The molecule has 0 radical (unpaired) electrons. The van der Waals surface area contributed by atoms with Crippen LogP contribution in [0.3, 0.4) is 0 Å². The number of amides is 1. The van der Waals surface area contributed by atoms with Crippen LogP contribution in [-0.2, 0) is 17.9 Å². The fourth-order valence-electron chi connectivity index (χ4n) is 1.88. The molecule has 0 spiro atoms. The van der Waals surface area contributed by atoms with E-state index in [0.29, 0.717) is 36.3 Å². The summed E-state index contributed by atoms with van der Waals surface area (Å²) in [5.74, 6) is 0.104. The number of aromatic hydroxyl groups is 1. The molecule has 6 heteroatoms. The molecule has 0 saturated carbocycles. The molecule has 0 aliphatic carbocycles. The monoisotopic (exact) mass is 295 g/mol. The van der Waals surface area contributed by atoms with Gasteiger partial charge >= 0.3 is 0 Å². The van der Waals surface area contributed by atoms with Crippen molar-refractivity contribution in [1.82, 2.24) is 15.6 Å². The molecule has 21 heavy (non-hydrogen) atoms. The van der Waals surface area contributed by atoms with Gasteiger partial charge in [0.2, 0.25) is 5.91 Å². The van der Waals surface area contributed by atoms with Gasteiger partial charge in [0.05, 0.1) is 12.3 Å². The minimum absolute atomic E-state index is 0.00867. The molecule has 1 atom stereocenters. The van der Waals surface area contributed by atoms with Gasteiger partial charge in [-0.2, -0.15) is 0 Å². The Morgan fingerprint density at radius 2 is 2.19 bits per heavy atom. The van der Waals surface area contributed by atoms with Crippen LogP contribution in [0.2, 0.25) is 0 Å². The van der Waals surface area contributed by atoms with Crippen molar-refractivity contribution in [2.24, 2.45) is 0 Å². The van der Waals surface area contributed by atoms with E-state index in [4.69, 9.17) is 0 Å². The van der Waals surface area contributed by atoms with Crippen molar-refractivity contribution >= 4 is 5.91 Å². The number of rotatable bonds is 8. The molecule has 1 aromatic rings. The van der Waals surface area contributed by atoms with E-state index in [1.807, 2.05) is 13.8 Å². The lowest BCUT2D eigenvalue weighted by Crippen LogP contribution is -2.34. The summed E-state index contributed by atoms with van der Waals surface area (Å²) in [6.45, 7) is 6.42. The number of carbonyl (C=O) groups excluding carboxylic acids is 1. The van der Waals surface area contributed by atoms with E-state index in [1.165, 1.54) is 0 Å². The number of nitrogens with one attached hydrogen (secondary N) is 2. The molecule has 1 unspecified atom stereocenters. The molecule has 6 nitrogen and oxygen atoms in total. The molecule has 0 aliphatic heterocycles. The van der Waals surface area contributed by atoms with Crippen LogP contribution in [0.1, 0.15) is 43.5 Å². The Labute approximate surface area is 125 Å². The SMILES string of the molecule is CCC(C)NC(=O)CCNCc1c(CO)cnc(C)c1O. The van der Waals surface area contributed by atoms with Crippen LogP contribution in [0.25, 0.3) is 0 Å². The molecule has 1 rings (SSSR count). The Hall–Kier alpha value is -1.66. The molecule has 1 amide bonds. The van der Waals surface area contributed by atoms with Gasteiger partial charge in [0.25, 0.3) is 0 Å². The van der Waals surface area contributed by atoms with Crippen molar-refractivity contribution in [3.8, 4) is 5.75 Å². The number of aryl methyl sites for hydroxylation is 1. The first-order chi connectivity index (χ1) is 9.99. The van der Waals surface area contributed by atoms with Crippen molar-refractivity contribution < 1.29 is 15.0 Å². The summed E-state index contributed by atoms with van der Waals surface area (Å²) in [6.07, 6.45) is 2.84. The van der Waals surface area contributed by atoms with Gasteiger partial charge in [0.1, 0.15) is 5.75 Å². The zero-order valence-electron chi connectivity index (χ0n) is 12.9. The Bertz CT molecular complexity index is 477. The van der Waals surface area contributed by atoms with Gasteiger partial charge < -0.3 is 20.8 Å². The van der Waals surface area contributed by atoms with Crippen LogP contribution in [0.15, 0.2) is 6.20 Å². The maximum atomic E-state index is 11.6. The third-order valence-corrected chi connectivity index (χ3v) is 3.45. The number of hydrogen-bond acceptors (Lipinski definition) is 5. The van der Waals surface area contributed by atoms with Gasteiger partial charge in [-0.15, -0.1) is 0 Å². The first kappa shape index (κ1) is 17.4. The number of aliphatic hydroxyl groups excluding tert-OH is 1. The summed E-state index contributed by atoms with van der Waals surface area (Å²) in [7, 11) is 0. The molecular weight excluding hydrogens is 270 g/mol. The highest BCUT2D eigenvalue weighted by molar-refractivity contribution is 5.76. The van der Waals surface area contributed by atoms with Gasteiger partial charge in [-0.1, -0.05) is 6.92 Å². The Morgan fingerprint density at radius 3 is 2.81 bits per heavy atom. The average Bonchev–Trinajstić information content (AvgIpc) is 2.47. The summed E-state index contributed by atoms with van der Waals surface area (Å²) >= 11 is 0. The molecule has 0 fully saturated rings. The van der Waals surface area contributed by atoms with E-state index in [2.05, 4.69) is 15.6 Å². The molecule has 0 saturated heterocycles. The van der Waals surface area contributed by atoms with Crippen molar-refractivity contribution in [3.05, 3.63) is 23.0 Å². The van der Waals surface area contributed by atoms with Crippen molar-refractivity contribution in [2.45, 2.75) is 52.8 Å². The van der Waals surface area contributed by atoms with Crippen molar-refractivity contribution in [3.63, 3.8) is 0 Å². The second-order valence-corrected chi connectivity index (χ2v) is 5.16. The Morgan fingerprint density at radius 1 is 1.48 bits per heavy atom. The van der Waals surface area contributed by atoms with Crippen LogP contribution in [0.4, 0.5) is 0 Å². The number of aromatic nitrogens is 1. The van der Waals surface area contributed by atoms with Crippen molar-refractivity contribution in [2.75, 3.05) is 6.54 Å². The smallest absolute Gasteiger partial charge is 0.221 e. The first-order valence-electron chi connectivity index (χ1n) is 7.26. The second-order valence-electron chi connectivity index (χ2n) is 5.16. The molecule has 1 aromatic heterocycles. The van der Waals surface area contributed by atoms with Gasteiger partial charge in [0.15, 0.2) is 0 Å². The number of carbonyl (C=O) groups is 1. The lowest BCUT2D eigenvalue weighted by molar-refractivity contribution is -0.121. The highest BCUT2D eigenvalue weighted by Crippen LogP contribution is 2.23. The van der Waals surface area contributed by atoms with E-state index in [-0.39, 0.29) is 24.3 Å². The zero-order chi connectivity index (χ0) is 15.8. The molecule has 0 bridgehead atoms. The maximum Gasteiger partial charge on any atom is 0.221 e. The van der Waals surface area contributed by atoms with Crippen molar-refractivity contribution in [1.29, 1.82) is 0 Å². The van der Waals surface area contributed by atoms with E-state index < -0.39 is 0 Å². The largest absolute Gasteiger partial charge is 0.506 e. The van der Waals surface area contributed by atoms with E-state index in [9.17, 15) is 15.0 Å². The van der Waals surface area contributed by atoms with Crippen LogP contribution in [0, 0.1) is 6.92 Å². The lowest BCUT2D eigenvalue weighted by atomic mass is 10.1. The molecule has 0 aromatic carbocycles. The summed E-state index contributed by atoms with van der Waals surface area (Å²) < 4.78 is 0. The van der Waals surface area contributed by atoms with Gasteiger partial charge in [-0.05, 0) is 20.3 Å². The molecule has 1 heterocycles. The Kier molecular flexibility index (Phi) is 7.11. The zero-order valence-corrected chi connectivity index (χ0v) is 12.9. The minimum atomic E-state index is -0.174. The topological polar surface area (TPSA) is 94.5 Å². The fourth-order valence-corrected chi connectivity index (χ4v) is 1.88. The summed E-state index contributed by atoms with van der Waals surface area (Å²) in [4.78, 5) is 15.6. The van der Waals surface area contributed by atoms with Gasteiger partial charge in [-0.25, -0.2) is 0 Å². The summed E-state index contributed by atoms with van der Waals surface area (Å²) in [5.41, 5.74) is 1.75. The molecule has 0 aliphatic rings. The quantitative estimate of drug-likeness (QED) is 0.536. The molecule has 118 valence electrons. The highest BCUT2D eigenvalue weighted by Gasteiger charge is 2.11. The lowest BCUT2D eigenvalue weighted by Gasteiger charge is -2.13. The van der Waals surface area contributed by atoms with Crippen LogP contribution < -0.4 is 10.6 Å². The maximum absolute atomic E-state index is 11.6. The van der Waals surface area contributed by atoms with E-state index >= 15 is 0 Å². The fraction of sp³-hybridized carbons (Fsp3) is 0.600. The number of aliphatic hydroxyl groups is 1. The highest BCUT2D eigenvalue weighted by atomic mass is 16.3. The summed E-state index contributed by atoms with van der Waals surface area (Å²) in [6, 6.07) is 0.186. The van der Waals surface area contributed by atoms with Crippen LogP contribution in [0.5, 0.6) is 5.75 Å². The number of nitrogens with zero attached hydrogens (tertiary/aromatic N) is 1. The third kappa shape index (κ3) is 5.32. The van der Waals surface area contributed by atoms with E-state index in [0.717, 1.165) is 6.42 Å². The summed E-state index contributed by atoms with van der Waals surface area (Å²) in [5, 5.41) is 25.2. The number of pyridine rings is 1. The third-order valence-electron chi connectivity index (χ3n) is 3.45. The van der Waals surface area contributed by atoms with Crippen LogP contribution in [-0.4, -0.2) is 33.7 Å². The Balaban J connectivity index is 2.46. The normalized spacial score (nSPS) is 12.2.